The van der Waals surface area contributed by atoms with E-state index in [1.165, 1.54) is 12.8 Å². The Morgan fingerprint density at radius 3 is 2.78 bits per heavy atom. The molecular weight excluding hydrogens is 358 g/mol. The molecule has 0 aliphatic heterocycles. The van der Waals surface area contributed by atoms with E-state index in [0.29, 0.717) is 6.04 Å². The van der Waals surface area contributed by atoms with E-state index in [2.05, 4.69) is 59.0 Å². The molecule has 3 rings (SSSR count). The van der Waals surface area contributed by atoms with Crippen molar-refractivity contribution in [3.05, 3.63) is 39.0 Å². The molecule has 0 atom stereocenters. The van der Waals surface area contributed by atoms with Crippen molar-refractivity contribution in [3.8, 4) is 5.69 Å². The van der Waals surface area contributed by atoms with Crippen LogP contribution in [0.25, 0.3) is 5.69 Å². The van der Waals surface area contributed by atoms with Crippen molar-refractivity contribution in [2.75, 3.05) is 5.32 Å². The summed E-state index contributed by atoms with van der Waals surface area (Å²) in [7, 11) is 0. The highest BCUT2D eigenvalue weighted by molar-refractivity contribution is 9.11. The largest absolute Gasteiger partial charge is 0.353 e. The predicted octanol–water partition coefficient (Wildman–Crippen LogP) is 4.28. The molecule has 1 aromatic heterocycles. The van der Waals surface area contributed by atoms with Crippen LogP contribution in [-0.4, -0.2) is 15.6 Å². The van der Waals surface area contributed by atoms with Gasteiger partial charge in [0, 0.05) is 21.2 Å². The maximum atomic E-state index is 4.55. The summed E-state index contributed by atoms with van der Waals surface area (Å²) >= 11 is 7.08. The van der Waals surface area contributed by atoms with Crippen LogP contribution in [0.3, 0.4) is 0 Å². The minimum Gasteiger partial charge on any atom is -0.353 e. The number of nitrogens with one attached hydrogen (secondary N) is 1. The molecule has 3 nitrogen and oxygen atoms in total. The second-order valence-corrected chi connectivity index (χ2v) is 6.36. The molecule has 0 saturated heterocycles. The number of imidazole rings is 1. The van der Waals surface area contributed by atoms with E-state index in [1.54, 1.807) is 0 Å². The molecule has 1 fully saturated rings. The lowest BCUT2D eigenvalue weighted by Crippen LogP contribution is -2.08. The lowest BCUT2D eigenvalue weighted by molar-refractivity contribution is 0.998. The van der Waals surface area contributed by atoms with Gasteiger partial charge < -0.3 is 5.32 Å². The number of hydrogen-bond acceptors (Lipinski definition) is 2. The molecule has 1 aliphatic carbocycles. The number of halogens is 2. The monoisotopic (exact) mass is 369 g/mol. The quantitative estimate of drug-likeness (QED) is 0.873. The van der Waals surface area contributed by atoms with Gasteiger partial charge in [0.1, 0.15) is 0 Å². The molecule has 18 heavy (non-hydrogen) atoms. The fourth-order valence-corrected chi connectivity index (χ4v) is 3.11. The maximum absolute atomic E-state index is 4.55. The molecule has 1 saturated carbocycles. The average Bonchev–Trinajstić information content (AvgIpc) is 3.03. The summed E-state index contributed by atoms with van der Waals surface area (Å²) in [5.41, 5.74) is 2.12. The number of anilines is 1. The third kappa shape index (κ3) is 2.47. The van der Waals surface area contributed by atoms with Gasteiger partial charge in [-0.3, -0.25) is 4.57 Å². The first-order valence-corrected chi connectivity index (χ1v) is 7.50. The van der Waals surface area contributed by atoms with E-state index in [-0.39, 0.29) is 0 Å². The fraction of sp³-hybridized carbons (Fsp3) is 0.308. The lowest BCUT2D eigenvalue weighted by atomic mass is 10.3. The van der Waals surface area contributed by atoms with Crippen LogP contribution in [0.5, 0.6) is 0 Å². The normalized spacial score (nSPS) is 14.8. The molecule has 2 aromatic rings. The van der Waals surface area contributed by atoms with Crippen LogP contribution < -0.4 is 5.32 Å². The Kier molecular flexibility index (Phi) is 3.20. The van der Waals surface area contributed by atoms with E-state index in [9.17, 15) is 0 Å². The van der Waals surface area contributed by atoms with Crippen molar-refractivity contribution in [3.63, 3.8) is 0 Å². The third-order valence-electron chi connectivity index (χ3n) is 2.91. The Balaban J connectivity index is 2.03. The molecule has 1 heterocycles. The van der Waals surface area contributed by atoms with Crippen LogP contribution in [0.4, 0.5) is 5.95 Å². The molecule has 94 valence electrons. The fourth-order valence-electron chi connectivity index (χ4n) is 1.87. The first-order chi connectivity index (χ1) is 8.63. The summed E-state index contributed by atoms with van der Waals surface area (Å²) in [6.07, 6.45) is 4.54. The molecule has 0 unspecified atom stereocenters. The number of aromatic nitrogens is 2. The Labute approximate surface area is 123 Å². The van der Waals surface area contributed by atoms with Gasteiger partial charge in [0.15, 0.2) is 0 Å². The highest BCUT2D eigenvalue weighted by atomic mass is 79.9. The summed E-state index contributed by atoms with van der Waals surface area (Å²) in [6, 6.07) is 6.76. The zero-order chi connectivity index (χ0) is 12.7. The number of aryl methyl sites for hydroxylation is 1. The van der Waals surface area contributed by atoms with Crippen molar-refractivity contribution in [1.82, 2.24) is 9.55 Å². The number of benzene rings is 1. The average molecular weight is 371 g/mol. The van der Waals surface area contributed by atoms with E-state index in [4.69, 9.17) is 0 Å². The number of nitrogens with zero attached hydrogens (tertiary/aromatic N) is 2. The van der Waals surface area contributed by atoms with Crippen LogP contribution in [0.15, 0.2) is 33.3 Å². The van der Waals surface area contributed by atoms with Crippen molar-refractivity contribution >= 4 is 37.8 Å². The standard InChI is InChI=1S/C13H13Br2N3/c1-8-7-18(13(16-8)17-10-3-4-10)12-5-2-9(14)6-11(12)15/h2,5-7,10H,3-4H2,1H3,(H,16,17). The number of hydrogen-bond donors (Lipinski definition) is 1. The van der Waals surface area contributed by atoms with Crippen LogP contribution >= 0.6 is 31.9 Å². The van der Waals surface area contributed by atoms with Gasteiger partial charge in [-0.15, -0.1) is 0 Å². The SMILES string of the molecule is Cc1cn(-c2ccc(Br)cc2Br)c(NC2CC2)n1. The Bertz CT molecular complexity index is 588. The Morgan fingerprint density at radius 1 is 1.33 bits per heavy atom. The van der Waals surface area contributed by atoms with Gasteiger partial charge in [0.05, 0.1) is 11.4 Å². The van der Waals surface area contributed by atoms with Crippen molar-refractivity contribution in [2.24, 2.45) is 0 Å². The van der Waals surface area contributed by atoms with Crippen LogP contribution in [-0.2, 0) is 0 Å². The summed E-state index contributed by atoms with van der Waals surface area (Å²) < 4.78 is 4.21. The highest BCUT2D eigenvalue weighted by Crippen LogP contribution is 2.30. The first kappa shape index (κ1) is 12.2. The van der Waals surface area contributed by atoms with Crippen LogP contribution in [0, 0.1) is 6.92 Å². The zero-order valence-corrected chi connectivity index (χ0v) is 13.1. The van der Waals surface area contributed by atoms with E-state index in [1.807, 2.05) is 19.1 Å². The molecule has 0 spiro atoms. The van der Waals surface area contributed by atoms with Gasteiger partial charge in [0.2, 0.25) is 5.95 Å². The van der Waals surface area contributed by atoms with Gasteiger partial charge >= 0.3 is 0 Å². The Hall–Kier alpha value is -0.810. The zero-order valence-electron chi connectivity index (χ0n) is 9.95. The van der Waals surface area contributed by atoms with Gasteiger partial charge in [-0.1, -0.05) is 15.9 Å². The van der Waals surface area contributed by atoms with Crippen molar-refractivity contribution in [2.45, 2.75) is 25.8 Å². The van der Waals surface area contributed by atoms with Gasteiger partial charge in [0.25, 0.3) is 0 Å². The minimum absolute atomic E-state index is 0.597. The summed E-state index contributed by atoms with van der Waals surface area (Å²) in [4.78, 5) is 4.55. The van der Waals surface area contributed by atoms with Crippen LogP contribution in [0.2, 0.25) is 0 Å². The summed E-state index contributed by atoms with van der Waals surface area (Å²) in [5.74, 6) is 0.929. The van der Waals surface area contributed by atoms with Gasteiger partial charge in [-0.05, 0) is 53.9 Å². The second kappa shape index (κ2) is 4.70. The number of rotatable bonds is 3. The molecule has 1 aromatic carbocycles. The summed E-state index contributed by atoms with van der Waals surface area (Å²) in [5, 5.41) is 3.46. The topological polar surface area (TPSA) is 29.9 Å². The molecule has 5 heteroatoms. The predicted molar refractivity (Wildman–Crippen MR) is 80.3 cm³/mol. The molecule has 1 N–H and O–H groups in total. The van der Waals surface area contributed by atoms with Crippen molar-refractivity contribution < 1.29 is 0 Å². The third-order valence-corrected chi connectivity index (χ3v) is 4.03. The maximum Gasteiger partial charge on any atom is 0.207 e. The molecule has 0 amide bonds. The smallest absolute Gasteiger partial charge is 0.207 e. The van der Waals surface area contributed by atoms with E-state index in [0.717, 1.165) is 26.3 Å². The first-order valence-electron chi connectivity index (χ1n) is 5.91. The Morgan fingerprint density at radius 2 is 2.11 bits per heavy atom. The molecular formula is C13H13Br2N3. The van der Waals surface area contributed by atoms with Gasteiger partial charge in [-0.2, -0.15) is 0 Å². The van der Waals surface area contributed by atoms with Gasteiger partial charge in [-0.25, -0.2) is 4.98 Å². The molecule has 0 bridgehead atoms. The molecule has 0 radical (unpaired) electrons. The van der Waals surface area contributed by atoms with E-state index < -0.39 is 0 Å². The van der Waals surface area contributed by atoms with Crippen molar-refractivity contribution in [1.29, 1.82) is 0 Å². The van der Waals surface area contributed by atoms with Crippen LogP contribution in [0.1, 0.15) is 18.5 Å². The summed E-state index contributed by atoms with van der Waals surface area (Å²) in [6.45, 7) is 2.02. The lowest BCUT2D eigenvalue weighted by Gasteiger charge is -2.11. The highest BCUT2D eigenvalue weighted by Gasteiger charge is 2.23. The molecule has 1 aliphatic rings. The van der Waals surface area contributed by atoms with E-state index >= 15 is 0 Å². The minimum atomic E-state index is 0.597. The second-order valence-electron chi connectivity index (χ2n) is 4.59.